The van der Waals surface area contributed by atoms with Crippen molar-refractivity contribution in [2.45, 2.75) is 12.5 Å². The zero-order valence-corrected chi connectivity index (χ0v) is 10.3. The molecule has 0 bridgehead atoms. The number of hydrogen-bond donors (Lipinski definition) is 3. The Kier molecular flexibility index (Phi) is 2.72. The fourth-order valence-corrected chi connectivity index (χ4v) is 2.46. The molecular formula is C15H14N2O2. The van der Waals surface area contributed by atoms with Crippen LogP contribution in [0.2, 0.25) is 0 Å². The lowest BCUT2D eigenvalue weighted by atomic mass is 10.00. The second-order valence-corrected chi connectivity index (χ2v) is 4.67. The van der Waals surface area contributed by atoms with Gasteiger partial charge in [-0.2, -0.15) is 0 Å². The lowest BCUT2D eigenvalue weighted by molar-refractivity contribution is -0.138. The van der Waals surface area contributed by atoms with Crippen LogP contribution in [0.5, 0.6) is 0 Å². The molecule has 4 N–H and O–H groups in total. The van der Waals surface area contributed by atoms with E-state index in [0.29, 0.717) is 6.42 Å². The number of aromatic nitrogens is 1. The quantitative estimate of drug-likeness (QED) is 0.670. The second-order valence-electron chi connectivity index (χ2n) is 4.67. The zero-order chi connectivity index (χ0) is 13.4. The second kappa shape index (κ2) is 4.40. The van der Waals surface area contributed by atoms with E-state index in [0.717, 1.165) is 27.2 Å². The van der Waals surface area contributed by atoms with Crippen LogP contribution in [-0.2, 0) is 11.2 Å². The summed E-state index contributed by atoms with van der Waals surface area (Å²) >= 11 is 0. The predicted molar refractivity (Wildman–Crippen MR) is 75.1 cm³/mol. The Morgan fingerprint density at radius 2 is 2.05 bits per heavy atom. The van der Waals surface area contributed by atoms with E-state index in [9.17, 15) is 4.79 Å². The molecule has 0 aliphatic carbocycles. The smallest absolute Gasteiger partial charge is 0.320 e. The number of fused-ring (bicyclic) bond motifs is 3. The van der Waals surface area contributed by atoms with Crippen molar-refractivity contribution in [2.75, 3.05) is 0 Å². The van der Waals surface area contributed by atoms with Crippen LogP contribution in [0.3, 0.4) is 0 Å². The molecule has 4 nitrogen and oxygen atoms in total. The highest BCUT2D eigenvalue weighted by molar-refractivity contribution is 6.08. The van der Waals surface area contributed by atoms with Gasteiger partial charge in [-0.25, -0.2) is 0 Å². The first-order valence-electron chi connectivity index (χ1n) is 6.13. The van der Waals surface area contributed by atoms with E-state index in [1.165, 1.54) is 0 Å². The van der Waals surface area contributed by atoms with Crippen molar-refractivity contribution >= 4 is 27.6 Å². The maximum absolute atomic E-state index is 10.9. The first-order valence-corrected chi connectivity index (χ1v) is 6.13. The van der Waals surface area contributed by atoms with E-state index in [-0.39, 0.29) is 0 Å². The van der Waals surface area contributed by atoms with E-state index in [1.54, 1.807) is 0 Å². The Bertz CT molecular complexity index is 761. The van der Waals surface area contributed by atoms with Gasteiger partial charge in [0.1, 0.15) is 6.04 Å². The average molecular weight is 254 g/mol. The first kappa shape index (κ1) is 11.7. The van der Waals surface area contributed by atoms with Crippen LogP contribution in [-0.4, -0.2) is 22.1 Å². The van der Waals surface area contributed by atoms with Gasteiger partial charge in [0.25, 0.3) is 0 Å². The average Bonchev–Trinajstić information content (AvgIpc) is 2.82. The van der Waals surface area contributed by atoms with Gasteiger partial charge in [0.2, 0.25) is 0 Å². The molecule has 2 aromatic carbocycles. The van der Waals surface area contributed by atoms with Crippen LogP contribution in [0.25, 0.3) is 21.7 Å². The Morgan fingerprint density at radius 1 is 1.26 bits per heavy atom. The fraction of sp³-hybridized carbons (Fsp3) is 0.133. The molecule has 0 saturated carbocycles. The van der Waals surface area contributed by atoms with Crippen molar-refractivity contribution in [1.29, 1.82) is 0 Å². The number of aromatic amines is 1. The summed E-state index contributed by atoms with van der Waals surface area (Å²) in [4.78, 5) is 14.1. The van der Waals surface area contributed by atoms with Gasteiger partial charge in [-0.05, 0) is 22.4 Å². The summed E-state index contributed by atoms with van der Waals surface area (Å²) < 4.78 is 0. The van der Waals surface area contributed by atoms with Crippen molar-refractivity contribution in [3.8, 4) is 0 Å². The molecule has 3 rings (SSSR count). The Morgan fingerprint density at radius 3 is 2.84 bits per heavy atom. The van der Waals surface area contributed by atoms with Crippen molar-refractivity contribution < 1.29 is 9.90 Å². The molecule has 1 atom stereocenters. The van der Waals surface area contributed by atoms with Gasteiger partial charge in [-0.3, -0.25) is 4.79 Å². The molecule has 0 aliphatic heterocycles. The summed E-state index contributed by atoms with van der Waals surface area (Å²) in [6.07, 6.45) is 2.17. The highest BCUT2D eigenvalue weighted by atomic mass is 16.4. The predicted octanol–water partition coefficient (Wildman–Crippen LogP) is 2.28. The van der Waals surface area contributed by atoms with Crippen molar-refractivity contribution in [2.24, 2.45) is 5.73 Å². The van der Waals surface area contributed by atoms with Crippen molar-refractivity contribution in [1.82, 2.24) is 4.98 Å². The molecule has 3 aromatic rings. The third kappa shape index (κ3) is 1.96. The van der Waals surface area contributed by atoms with Gasteiger partial charge >= 0.3 is 5.97 Å². The normalized spacial score (nSPS) is 12.9. The minimum Gasteiger partial charge on any atom is -0.480 e. The van der Waals surface area contributed by atoms with Gasteiger partial charge < -0.3 is 15.8 Å². The van der Waals surface area contributed by atoms with Crippen LogP contribution in [0.15, 0.2) is 42.6 Å². The van der Waals surface area contributed by atoms with E-state index in [1.807, 2.05) is 36.5 Å². The van der Waals surface area contributed by atoms with E-state index < -0.39 is 12.0 Å². The molecule has 1 unspecified atom stereocenters. The maximum atomic E-state index is 10.9. The fourth-order valence-electron chi connectivity index (χ4n) is 2.46. The minimum absolute atomic E-state index is 0.323. The van der Waals surface area contributed by atoms with E-state index in [4.69, 9.17) is 10.8 Å². The van der Waals surface area contributed by atoms with Crippen LogP contribution in [0, 0.1) is 0 Å². The number of benzene rings is 2. The van der Waals surface area contributed by atoms with Crippen molar-refractivity contribution in [3.05, 3.63) is 48.2 Å². The SMILES string of the molecule is NC(Cc1c[nH]c2ccc3ccccc3c12)C(=O)O. The molecule has 0 aliphatic rings. The number of hydrogen-bond acceptors (Lipinski definition) is 2. The molecule has 19 heavy (non-hydrogen) atoms. The number of rotatable bonds is 3. The molecule has 1 heterocycles. The van der Waals surface area contributed by atoms with Gasteiger partial charge in [-0.1, -0.05) is 30.3 Å². The van der Waals surface area contributed by atoms with Crippen LogP contribution < -0.4 is 5.73 Å². The number of aliphatic carboxylic acids is 1. The molecule has 0 fully saturated rings. The molecule has 0 amide bonds. The summed E-state index contributed by atoms with van der Waals surface area (Å²) in [5, 5.41) is 12.3. The molecule has 0 saturated heterocycles. The van der Waals surface area contributed by atoms with E-state index >= 15 is 0 Å². The number of H-pyrrole nitrogens is 1. The maximum Gasteiger partial charge on any atom is 0.320 e. The number of carboxylic acid groups (broad SMARTS) is 1. The van der Waals surface area contributed by atoms with Crippen molar-refractivity contribution in [3.63, 3.8) is 0 Å². The lowest BCUT2D eigenvalue weighted by Gasteiger charge is -2.06. The Balaban J connectivity index is 2.20. The summed E-state index contributed by atoms with van der Waals surface area (Å²) in [6.45, 7) is 0. The summed E-state index contributed by atoms with van der Waals surface area (Å²) in [5.41, 5.74) is 7.58. The molecule has 0 radical (unpaired) electrons. The Labute approximate surface area is 109 Å². The molecule has 96 valence electrons. The number of carboxylic acids is 1. The first-order chi connectivity index (χ1) is 9.16. The molecular weight excluding hydrogens is 240 g/mol. The topological polar surface area (TPSA) is 79.1 Å². The van der Waals surface area contributed by atoms with Gasteiger partial charge in [-0.15, -0.1) is 0 Å². The van der Waals surface area contributed by atoms with Crippen LogP contribution in [0.4, 0.5) is 0 Å². The number of carbonyl (C=O) groups is 1. The Hall–Kier alpha value is -2.33. The summed E-state index contributed by atoms with van der Waals surface area (Å²) in [5.74, 6) is -0.977. The van der Waals surface area contributed by atoms with Crippen LogP contribution >= 0.6 is 0 Å². The molecule has 4 heteroatoms. The van der Waals surface area contributed by atoms with E-state index in [2.05, 4.69) is 11.1 Å². The summed E-state index contributed by atoms with van der Waals surface area (Å²) in [6, 6.07) is 11.2. The largest absolute Gasteiger partial charge is 0.480 e. The highest BCUT2D eigenvalue weighted by Crippen LogP contribution is 2.28. The van der Waals surface area contributed by atoms with Crippen LogP contribution in [0.1, 0.15) is 5.56 Å². The van der Waals surface area contributed by atoms with Gasteiger partial charge in [0, 0.05) is 23.5 Å². The van der Waals surface area contributed by atoms with Gasteiger partial charge in [0.05, 0.1) is 0 Å². The monoisotopic (exact) mass is 254 g/mol. The molecule has 1 aromatic heterocycles. The third-order valence-electron chi connectivity index (χ3n) is 3.41. The number of nitrogens with two attached hydrogens (primary N) is 1. The van der Waals surface area contributed by atoms with Gasteiger partial charge in [0.15, 0.2) is 0 Å². The minimum atomic E-state index is -0.977. The standard InChI is InChI=1S/C15H14N2O2/c16-12(15(18)19)7-10-8-17-13-6-5-9-3-1-2-4-11(9)14(10)13/h1-6,8,12,17H,7,16H2,(H,18,19). The zero-order valence-electron chi connectivity index (χ0n) is 10.3. The third-order valence-corrected chi connectivity index (χ3v) is 3.41. The highest BCUT2D eigenvalue weighted by Gasteiger charge is 2.15. The molecule has 0 spiro atoms. The number of nitrogens with one attached hydrogen (secondary N) is 1. The summed E-state index contributed by atoms with van der Waals surface area (Å²) in [7, 11) is 0. The lowest BCUT2D eigenvalue weighted by Crippen LogP contribution is -2.32.